The van der Waals surface area contributed by atoms with Crippen LogP contribution < -0.4 is 0 Å². The summed E-state index contributed by atoms with van der Waals surface area (Å²) in [5, 5.41) is 20.0. The van der Waals surface area contributed by atoms with Crippen molar-refractivity contribution in [3.8, 4) is 5.88 Å². The highest BCUT2D eigenvalue weighted by Crippen LogP contribution is 2.09. The Kier molecular flexibility index (Phi) is 0.858. The Labute approximate surface area is 55.9 Å². The molecule has 0 aliphatic carbocycles. The van der Waals surface area contributed by atoms with Gasteiger partial charge in [-0.15, -0.1) is 15.3 Å². The lowest BCUT2D eigenvalue weighted by atomic mass is 10.6. The van der Waals surface area contributed by atoms with Gasteiger partial charge in [0, 0.05) is 6.07 Å². The molecule has 2 rings (SSSR count). The quantitative estimate of drug-likeness (QED) is 0.546. The maximum absolute atomic E-state index is 9.04. The average molecular weight is 136 g/mol. The Hall–Kier alpha value is -1.65. The highest BCUT2D eigenvalue weighted by molar-refractivity contribution is 5.40. The first-order valence-corrected chi connectivity index (χ1v) is 2.72. The first-order valence-electron chi connectivity index (χ1n) is 2.72. The lowest BCUT2D eigenvalue weighted by Gasteiger charge is -1.89. The van der Waals surface area contributed by atoms with Crippen LogP contribution in [-0.2, 0) is 0 Å². The molecule has 0 spiro atoms. The molecule has 2 aromatic heterocycles. The minimum Gasteiger partial charge on any atom is -0.493 e. The summed E-state index contributed by atoms with van der Waals surface area (Å²) in [4.78, 5) is 0. The summed E-state index contributed by atoms with van der Waals surface area (Å²) >= 11 is 0. The zero-order chi connectivity index (χ0) is 6.97. The second kappa shape index (κ2) is 1.66. The summed E-state index contributed by atoms with van der Waals surface area (Å²) in [6.45, 7) is 0. The summed E-state index contributed by atoms with van der Waals surface area (Å²) in [5.74, 6) is 0.0740. The third-order valence-electron chi connectivity index (χ3n) is 1.19. The molecule has 2 heterocycles. The van der Waals surface area contributed by atoms with Gasteiger partial charge in [0.1, 0.15) is 0 Å². The summed E-state index contributed by atoms with van der Waals surface area (Å²) in [6.07, 6.45) is 1.27. The van der Waals surface area contributed by atoms with E-state index in [2.05, 4.69) is 15.3 Å². The van der Waals surface area contributed by atoms with Crippen LogP contribution in [0.2, 0.25) is 0 Å². The Morgan fingerprint density at radius 1 is 1.40 bits per heavy atom. The molecule has 1 N–H and O–H groups in total. The molecule has 2 aromatic rings. The molecule has 0 amide bonds. The lowest BCUT2D eigenvalue weighted by molar-refractivity contribution is 0.437. The molecule has 5 heteroatoms. The van der Waals surface area contributed by atoms with Crippen LogP contribution in [0.5, 0.6) is 5.88 Å². The van der Waals surface area contributed by atoms with Crippen molar-refractivity contribution in [2.75, 3.05) is 0 Å². The number of rotatable bonds is 0. The number of fused-ring (bicyclic) bond motifs is 1. The molecular weight excluding hydrogens is 132 g/mol. The first-order chi connectivity index (χ1) is 4.88. The predicted molar refractivity (Wildman–Crippen MR) is 32.4 cm³/mol. The molecule has 50 valence electrons. The second-order valence-electron chi connectivity index (χ2n) is 1.81. The number of hydrogen-bond donors (Lipinski definition) is 1. The van der Waals surface area contributed by atoms with Crippen molar-refractivity contribution < 1.29 is 5.11 Å². The molecule has 0 aromatic carbocycles. The van der Waals surface area contributed by atoms with Crippen molar-refractivity contribution in [1.29, 1.82) is 0 Å². The van der Waals surface area contributed by atoms with Gasteiger partial charge in [-0.2, -0.15) is 4.52 Å². The maximum atomic E-state index is 9.04. The van der Waals surface area contributed by atoms with E-state index in [4.69, 9.17) is 5.11 Å². The maximum Gasteiger partial charge on any atom is 0.214 e. The molecule has 0 unspecified atom stereocenters. The van der Waals surface area contributed by atoms with Gasteiger partial charge in [0.2, 0.25) is 5.88 Å². The van der Waals surface area contributed by atoms with E-state index in [0.29, 0.717) is 5.65 Å². The predicted octanol–water partition coefficient (Wildman–Crippen LogP) is -0.170. The average Bonchev–Trinajstić information content (AvgIpc) is 2.34. The molecule has 0 aliphatic heterocycles. The highest BCUT2D eigenvalue weighted by atomic mass is 16.3. The zero-order valence-electron chi connectivity index (χ0n) is 4.97. The largest absolute Gasteiger partial charge is 0.493 e. The van der Waals surface area contributed by atoms with Crippen molar-refractivity contribution >= 4 is 5.65 Å². The topological polar surface area (TPSA) is 63.3 Å². The summed E-state index contributed by atoms with van der Waals surface area (Å²) in [7, 11) is 0. The van der Waals surface area contributed by atoms with Crippen LogP contribution >= 0.6 is 0 Å². The minimum atomic E-state index is 0.0740. The fourth-order valence-electron chi connectivity index (χ4n) is 0.761. The number of aromatic hydroxyl groups is 1. The lowest BCUT2D eigenvalue weighted by Crippen LogP contribution is -1.93. The molecule has 0 aliphatic rings. The van der Waals surface area contributed by atoms with Gasteiger partial charge in [-0.25, -0.2) is 0 Å². The van der Waals surface area contributed by atoms with Crippen LogP contribution in [0.15, 0.2) is 18.5 Å². The van der Waals surface area contributed by atoms with Crippen LogP contribution in [0.1, 0.15) is 0 Å². The Morgan fingerprint density at radius 2 is 2.30 bits per heavy atom. The second-order valence-corrected chi connectivity index (χ2v) is 1.81. The van der Waals surface area contributed by atoms with Crippen LogP contribution in [0.4, 0.5) is 0 Å². The fraction of sp³-hybridized carbons (Fsp3) is 0. The van der Waals surface area contributed by atoms with Crippen LogP contribution in [0, 0.1) is 0 Å². The molecule has 5 nitrogen and oxygen atoms in total. The zero-order valence-corrected chi connectivity index (χ0v) is 4.97. The SMILES string of the molecule is Oc1ccc2nncnn12. The molecular formula is C5H4N4O. The van der Waals surface area contributed by atoms with Gasteiger partial charge in [0.05, 0.1) is 0 Å². The number of nitrogens with zero attached hydrogens (tertiary/aromatic N) is 4. The van der Waals surface area contributed by atoms with Gasteiger partial charge in [0.15, 0.2) is 12.0 Å². The van der Waals surface area contributed by atoms with Gasteiger partial charge >= 0.3 is 0 Å². The number of hydrogen-bond acceptors (Lipinski definition) is 4. The monoisotopic (exact) mass is 136 g/mol. The van der Waals surface area contributed by atoms with Crippen molar-refractivity contribution in [2.45, 2.75) is 0 Å². The van der Waals surface area contributed by atoms with E-state index in [1.54, 1.807) is 6.07 Å². The summed E-state index contributed by atoms with van der Waals surface area (Å²) in [5.41, 5.74) is 0.542. The van der Waals surface area contributed by atoms with Crippen molar-refractivity contribution in [2.24, 2.45) is 0 Å². The molecule has 0 saturated carbocycles. The van der Waals surface area contributed by atoms with E-state index in [1.165, 1.54) is 16.9 Å². The fourth-order valence-corrected chi connectivity index (χ4v) is 0.761. The molecule has 0 bridgehead atoms. The van der Waals surface area contributed by atoms with E-state index >= 15 is 0 Å². The van der Waals surface area contributed by atoms with Crippen molar-refractivity contribution in [3.63, 3.8) is 0 Å². The highest BCUT2D eigenvalue weighted by Gasteiger charge is 1.98. The van der Waals surface area contributed by atoms with E-state index < -0.39 is 0 Å². The third-order valence-corrected chi connectivity index (χ3v) is 1.19. The van der Waals surface area contributed by atoms with Crippen LogP contribution in [-0.4, -0.2) is 24.9 Å². The normalized spacial score (nSPS) is 10.4. The van der Waals surface area contributed by atoms with Gasteiger partial charge in [-0.3, -0.25) is 0 Å². The standard InChI is InChI=1S/C5H4N4O/c10-5-2-1-4-8-6-3-7-9(4)5/h1-3,10H. The Morgan fingerprint density at radius 3 is 3.10 bits per heavy atom. The van der Waals surface area contributed by atoms with Crippen LogP contribution in [0.25, 0.3) is 5.65 Å². The smallest absolute Gasteiger partial charge is 0.214 e. The molecule has 10 heavy (non-hydrogen) atoms. The van der Waals surface area contributed by atoms with Gasteiger partial charge in [-0.05, 0) is 6.07 Å². The van der Waals surface area contributed by atoms with E-state index in [1.807, 2.05) is 0 Å². The number of aromatic nitrogens is 4. The third kappa shape index (κ3) is 0.540. The minimum absolute atomic E-state index is 0.0740. The van der Waals surface area contributed by atoms with Gasteiger partial charge in [-0.1, -0.05) is 0 Å². The Balaban J connectivity index is 2.93. The summed E-state index contributed by atoms with van der Waals surface area (Å²) in [6, 6.07) is 3.15. The van der Waals surface area contributed by atoms with Crippen molar-refractivity contribution in [1.82, 2.24) is 19.8 Å². The summed E-state index contributed by atoms with van der Waals surface area (Å²) < 4.78 is 1.30. The first kappa shape index (κ1) is 5.16. The van der Waals surface area contributed by atoms with Crippen molar-refractivity contribution in [3.05, 3.63) is 18.5 Å². The van der Waals surface area contributed by atoms with Gasteiger partial charge < -0.3 is 5.11 Å². The molecule has 0 atom stereocenters. The molecule has 0 fully saturated rings. The molecule has 0 saturated heterocycles. The van der Waals surface area contributed by atoms with Gasteiger partial charge in [0.25, 0.3) is 0 Å². The molecule has 0 radical (unpaired) electrons. The van der Waals surface area contributed by atoms with E-state index in [9.17, 15) is 0 Å². The van der Waals surface area contributed by atoms with E-state index in [0.717, 1.165) is 0 Å². The van der Waals surface area contributed by atoms with Crippen LogP contribution in [0.3, 0.4) is 0 Å². The Bertz CT molecular complexity index is 355. The van der Waals surface area contributed by atoms with E-state index in [-0.39, 0.29) is 5.88 Å².